The topological polar surface area (TPSA) is 20.1 Å². The molecule has 2 aliphatic rings. The maximum absolute atomic E-state index is 12.7. The lowest BCUT2D eigenvalue weighted by Gasteiger charge is -2.11. The van der Waals surface area contributed by atoms with Crippen molar-refractivity contribution < 1.29 is 9.37 Å². The lowest BCUT2D eigenvalue weighted by Crippen LogP contribution is -2.18. The molecule has 0 spiro atoms. The van der Waals surface area contributed by atoms with Crippen molar-refractivity contribution >= 4 is 11.5 Å². The normalized spacial score (nSPS) is 19.8. The van der Waals surface area contributed by atoms with Crippen LogP contribution in [0.15, 0.2) is 78.0 Å². The smallest absolute Gasteiger partial charge is 0.189 e. The summed E-state index contributed by atoms with van der Waals surface area (Å²) in [4.78, 5) is 12.7. The number of allylic oxidation sites excluding steroid dienone is 3. The van der Waals surface area contributed by atoms with Gasteiger partial charge in [0.25, 0.3) is 0 Å². The fourth-order valence-corrected chi connectivity index (χ4v) is 3.51. The minimum absolute atomic E-state index is 0.203. The van der Waals surface area contributed by atoms with Crippen LogP contribution >= 0.6 is 0 Å². The quantitative estimate of drug-likeness (QED) is 0.597. The van der Waals surface area contributed by atoms with E-state index in [-0.39, 0.29) is 5.78 Å². The Morgan fingerprint density at radius 2 is 1.71 bits per heavy atom. The number of Topliss-reactive ketones (excluding diaryl/α,β-unsaturated/α-hetero) is 1. The Bertz CT molecular complexity index is 901. The number of rotatable bonds is 2. The summed E-state index contributed by atoms with van der Waals surface area (Å²) < 4.78 is 2.27. The molecule has 1 aliphatic heterocycles. The van der Waals surface area contributed by atoms with E-state index in [0.29, 0.717) is 0 Å². The molecule has 0 amide bonds. The maximum Gasteiger partial charge on any atom is 0.189 e. The highest BCUT2D eigenvalue weighted by Crippen LogP contribution is 2.30. The van der Waals surface area contributed by atoms with Crippen LogP contribution in [-0.4, -0.2) is 16.1 Å². The Kier molecular flexibility index (Phi) is 3.73. The Hall–Kier alpha value is -2.74. The van der Waals surface area contributed by atoms with Gasteiger partial charge in [0.05, 0.1) is 6.42 Å². The summed E-state index contributed by atoms with van der Waals surface area (Å²) in [6, 6.07) is 18.4. The van der Waals surface area contributed by atoms with Crippen molar-refractivity contribution in [1.82, 2.24) is 0 Å². The first-order valence-corrected chi connectivity index (χ1v) is 8.38. The Labute approximate surface area is 142 Å². The Balaban J connectivity index is 1.60. The molecule has 0 atom stereocenters. The zero-order valence-electron chi connectivity index (χ0n) is 13.8. The second-order valence-corrected chi connectivity index (χ2v) is 6.51. The molecule has 24 heavy (non-hydrogen) atoms. The largest absolute Gasteiger partial charge is 0.289 e. The molecule has 0 saturated carbocycles. The highest BCUT2D eigenvalue weighted by molar-refractivity contribution is 6.14. The standard InChI is InChI=1S/C22H20NO/c1-16-13-19(11-12-23(16)15-17-7-3-2-4-8-17)21-14-18-9-5-6-10-20(18)22(21)24/h2-12H,13-15H2,1H3/q+1. The predicted octanol–water partition coefficient (Wildman–Crippen LogP) is 4.31. The van der Waals surface area contributed by atoms with E-state index in [0.717, 1.165) is 41.7 Å². The highest BCUT2D eigenvalue weighted by Gasteiger charge is 2.28. The minimum atomic E-state index is 0.203. The molecule has 0 unspecified atom stereocenters. The van der Waals surface area contributed by atoms with Crippen molar-refractivity contribution in [3.8, 4) is 0 Å². The molecule has 0 fully saturated rings. The van der Waals surface area contributed by atoms with Gasteiger partial charge in [-0.05, 0) is 11.1 Å². The second kappa shape index (κ2) is 6.04. The van der Waals surface area contributed by atoms with Crippen LogP contribution in [-0.2, 0) is 13.0 Å². The molecule has 0 radical (unpaired) electrons. The van der Waals surface area contributed by atoms with E-state index < -0.39 is 0 Å². The fourth-order valence-electron chi connectivity index (χ4n) is 3.51. The third kappa shape index (κ3) is 2.65. The van der Waals surface area contributed by atoms with E-state index in [2.05, 4.69) is 54.1 Å². The highest BCUT2D eigenvalue weighted by atomic mass is 16.1. The molecule has 2 aromatic rings. The van der Waals surface area contributed by atoms with Gasteiger partial charge < -0.3 is 0 Å². The van der Waals surface area contributed by atoms with Gasteiger partial charge in [0, 0.05) is 36.1 Å². The van der Waals surface area contributed by atoms with E-state index >= 15 is 0 Å². The number of hydrogen-bond acceptors (Lipinski definition) is 1. The van der Waals surface area contributed by atoms with Crippen LogP contribution in [0.3, 0.4) is 0 Å². The average Bonchev–Trinajstić information content (AvgIpc) is 2.95. The van der Waals surface area contributed by atoms with Gasteiger partial charge in [0.1, 0.15) is 0 Å². The summed E-state index contributed by atoms with van der Waals surface area (Å²) in [6.45, 7) is 3.03. The fraction of sp³-hybridized carbons (Fsp3) is 0.182. The van der Waals surface area contributed by atoms with Gasteiger partial charge >= 0.3 is 0 Å². The molecule has 0 aromatic heterocycles. The van der Waals surface area contributed by atoms with Gasteiger partial charge in [0.2, 0.25) is 0 Å². The first-order valence-electron chi connectivity index (χ1n) is 8.38. The van der Waals surface area contributed by atoms with E-state index in [1.54, 1.807) is 0 Å². The van der Waals surface area contributed by atoms with Crippen molar-refractivity contribution in [2.75, 3.05) is 0 Å². The summed E-state index contributed by atoms with van der Waals surface area (Å²) in [6.07, 6.45) is 5.85. The van der Waals surface area contributed by atoms with Gasteiger partial charge in [0.15, 0.2) is 24.2 Å². The van der Waals surface area contributed by atoms with Crippen LogP contribution in [0.5, 0.6) is 0 Å². The number of carbonyl (C=O) groups excluding carboxylic acids is 1. The number of carbonyl (C=O) groups is 1. The van der Waals surface area contributed by atoms with Gasteiger partial charge in [-0.25, -0.2) is 4.58 Å². The van der Waals surface area contributed by atoms with Crippen molar-refractivity contribution in [2.24, 2.45) is 0 Å². The molecule has 2 aromatic carbocycles. The third-order valence-electron chi connectivity index (χ3n) is 4.88. The van der Waals surface area contributed by atoms with Gasteiger partial charge in [-0.1, -0.05) is 54.6 Å². The van der Waals surface area contributed by atoms with Crippen LogP contribution in [0, 0.1) is 0 Å². The molecule has 0 N–H and O–H groups in total. The molecule has 1 heterocycles. The lowest BCUT2D eigenvalue weighted by atomic mass is 9.97. The van der Waals surface area contributed by atoms with Crippen molar-refractivity contribution in [1.29, 1.82) is 0 Å². The van der Waals surface area contributed by atoms with Crippen molar-refractivity contribution in [3.63, 3.8) is 0 Å². The van der Waals surface area contributed by atoms with E-state index in [1.807, 2.05) is 24.3 Å². The monoisotopic (exact) mass is 314 g/mol. The van der Waals surface area contributed by atoms with Crippen LogP contribution in [0.25, 0.3) is 0 Å². The first kappa shape index (κ1) is 14.8. The van der Waals surface area contributed by atoms with Crippen molar-refractivity contribution in [3.05, 3.63) is 94.7 Å². The number of benzene rings is 2. The second-order valence-electron chi connectivity index (χ2n) is 6.51. The molecular formula is C22H20NO+. The summed E-state index contributed by atoms with van der Waals surface area (Å²) >= 11 is 0. The maximum atomic E-state index is 12.7. The van der Waals surface area contributed by atoms with Gasteiger partial charge in [-0.2, -0.15) is 0 Å². The number of ketones is 1. The van der Waals surface area contributed by atoms with E-state index in [1.165, 1.54) is 11.3 Å². The molecule has 0 bridgehead atoms. The Morgan fingerprint density at radius 1 is 0.958 bits per heavy atom. The third-order valence-corrected chi connectivity index (χ3v) is 4.88. The van der Waals surface area contributed by atoms with Gasteiger partial charge in [-0.3, -0.25) is 4.79 Å². The van der Waals surface area contributed by atoms with Crippen LogP contribution in [0.1, 0.15) is 34.8 Å². The van der Waals surface area contributed by atoms with Crippen LogP contribution < -0.4 is 0 Å². The first-order chi connectivity index (χ1) is 11.7. The SMILES string of the molecule is CC1=[N+](Cc2ccccc2)C=CC(=C2Cc3ccccc3C2=O)C1. The minimum Gasteiger partial charge on any atom is -0.289 e. The molecule has 118 valence electrons. The molecule has 4 rings (SSSR count). The zero-order chi connectivity index (χ0) is 16.5. The zero-order valence-corrected chi connectivity index (χ0v) is 13.8. The lowest BCUT2D eigenvalue weighted by molar-refractivity contribution is -0.476. The predicted molar refractivity (Wildman–Crippen MR) is 96.3 cm³/mol. The molecule has 2 heteroatoms. The summed E-state index contributed by atoms with van der Waals surface area (Å²) in [5.74, 6) is 0.203. The van der Waals surface area contributed by atoms with Crippen LogP contribution in [0.2, 0.25) is 0 Å². The average molecular weight is 314 g/mol. The molecular weight excluding hydrogens is 294 g/mol. The molecule has 2 nitrogen and oxygen atoms in total. The number of fused-ring (bicyclic) bond motifs is 1. The summed E-state index contributed by atoms with van der Waals surface area (Å²) in [5, 5.41) is 0. The summed E-state index contributed by atoms with van der Waals surface area (Å²) in [5.41, 5.74) is 6.74. The molecule has 0 saturated heterocycles. The van der Waals surface area contributed by atoms with Gasteiger partial charge in [-0.15, -0.1) is 0 Å². The summed E-state index contributed by atoms with van der Waals surface area (Å²) in [7, 11) is 0. The number of nitrogens with zero attached hydrogens (tertiary/aromatic N) is 1. The number of hydrogen-bond donors (Lipinski definition) is 0. The van der Waals surface area contributed by atoms with E-state index in [9.17, 15) is 4.79 Å². The van der Waals surface area contributed by atoms with Crippen molar-refractivity contribution in [2.45, 2.75) is 26.3 Å². The molecule has 1 aliphatic carbocycles. The van der Waals surface area contributed by atoms with Crippen LogP contribution in [0.4, 0.5) is 0 Å². The Morgan fingerprint density at radius 3 is 2.46 bits per heavy atom. The van der Waals surface area contributed by atoms with E-state index in [4.69, 9.17) is 0 Å².